The van der Waals surface area contributed by atoms with Crippen LogP contribution in [0.5, 0.6) is 5.75 Å². The Kier molecular flexibility index (Phi) is 6.73. The van der Waals surface area contributed by atoms with Gasteiger partial charge in [-0.3, -0.25) is 5.32 Å². The van der Waals surface area contributed by atoms with Crippen LogP contribution in [0.15, 0.2) is 48.7 Å². The SMILES string of the molecule is COc1ccc(C#Cc2ccccc2-c2cnc(NC(=O)OC(C)(C)C)n2C(=O)O)c(C)c1. The standard InChI is InChI=1S/C25H25N3O5/c1-16-14-19(32-5)13-12-17(16)10-11-18-8-6-7-9-20(18)21-15-26-22(28(21)24(30)31)27-23(29)33-25(2,3)4/h6-9,12-15H,1-5H3,(H,30,31)(H,26,27,29). The molecule has 8 heteroatoms. The number of rotatable bonds is 3. The zero-order valence-electron chi connectivity index (χ0n) is 19.1. The highest BCUT2D eigenvalue weighted by atomic mass is 16.6. The Labute approximate surface area is 192 Å². The highest BCUT2D eigenvalue weighted by molar-refractivity contribution is 5.89. The highest BCUT2D eigenvalue weighted by Crippen LogP contribution is 2.27. The number of nitrogens with one attached hydrogen (secondary N) is 1. The maximum Gasteiger partial charge on any atom is 0.418 e. The van der Waals surface area contributed by atoms with E-state index in [-0.39, 0.29) is 11.6 Å². The van der Waals surface area contributed by atoms with Crippen LogP contribution in [0.2, 0.25) is 0 Å². The van der Waals surface area contributed by atoms with Gasteiger partial charge in [-0.25, -0.2) is 19.1 Å². The number of methoxy groups -OCH3 is 1. The molecule has 170 valence electrons. The van der Waals surface area contributed by atoms with Crippen molar-refractivity contribution in [3.8, 4) is 28.8 Å². The summed E-state index contributed by atoms with van der Waals surface area (Å²) in [6.07, 6.45) is -0.729. The predicted molar refractivity (Wildman–Crippen MR) is 125 cm³/mol. The van der Waals surface area contributed by atoms with Gasteiger partial charge in [-0.15, -0.1) is 0 Å². The molecule has 0 saturated carbocycles. The molecule has 2 N–H and O–H groups in total. The first-order valence-electron chi connectivity index (χ1n) is 10.2. The monoisotopic (exact) mass is 447 g/mol. The van der Waals surface area contributed by atoms with E-state index in [1.165, 1.54) is 6.20 Å². The zero-order valence-corrected chi connectivity index (χ0v) is 19.1. The van der Waals surface area contributed by atoms with E-state index in [2.05, 4.69) is 22.1 Å². The van der Waals surface area contributed by atoms with Crippen LogP contribution in [0.1, 0.15) is 37.5 Å². The average molecular weight is 447 g/mol. The third-order valence-electron chi connectivity index (χ3n) is 4.53. The molecule has 3 aromatic rings. The molecular weight excluding hydrogens is 422 g/mol. The van der Waals surface area contributed by atoms with Gasteiger partial charge in [0.15, 0.2) is 0 Å². The van der Waals surface area contributed by atoms with Gasteiger partial charge in [0.1, 0.15) is 11.4 Å². The van der Waals surface area contributed by atoms with Gasteiger partial charge in [-0.1, -0.05) is 30.0 Å². The highest BCUT2D eigenvalue weighted by Gasteiger charge is 2.23. The number of amides is 1. The summed E-state index contributed by atoms with van der Waals surface area (Å²) in [6.45, 7) is 7.07. The van der Waals surface area contributed by atoms with Crippen LogP contribution in [0.4, 0.5) is 15.5 Å². The number of benzene rings is 2. The minimum absolute atomic E-state index is 0.166. The molecule has 0 aliphatic carbocycles. The fourth-order valence-electron chi connectivity index (χ4n) is 3.07. The summed E-state index contributed by atoms with van der Waals surface area (Å²) < 4.78 is 11.3. The first-order valence-corrected chi connectivity index (χ1v) is 10.2. The van der Waals surface area contributed by atoms with Crippen molar-refractivity contribution >= 4 is 18.1 Å². The number of hydrogen-bond donors (Lipinski definition) is 2. The van der Waals surface area contributed by atoms with E-state index in [0.717, 1.165) is 21.4 Å². The van der Waals surface area contributed by atoms with Crippen LogP contribution in [0.25, 0.3) is 11.3 Å². The number of aromatic nitrogens is 2. The molecule has 0 spiro atoms. The summed E-state index contributed by atoms with van der Waals surface area (Å²) in [7, 11) is 1.61. The second-order valence-electron chi connectivity index (χ2n) is 8.19. The predicted octanol–water partition coefficient (Wildman–Crippen LogP) is 5.14. The van der Waals surface area contributed by atoms with Crippen molar-refractivity contribution < 1.29 is 24.2 Å². The molecule has 0 saturated heterocycles. The van der Waals surface area contributed by atoms with Crippen molar-refractivity contribution in [2.24, 2.45) is 0 Å². The second kappa shape index (κ2) is 9.49. The maximum atomic E-state index is 12.1. The zero-order chi connectivity index (χ0) is 24.2. The Morgan fingerprint density at radius 3 is 2.42 bits per heavy atom. The summed E-state index contributed by atoms with van der Waals surface area (Å²) in [5, 5.41) is 12.2. The fraction of sp³-hybridized carbons (Fsp3) is 0.240. The van der Waals surface area contributed by atoms with E-state index in [1.807, 2.05) is 31.2 Å². The quantitative estimate of drug-likeness (QED) is 0.539. The van der Waals surface area contributed by atoms with Crippen LogP contribution >= 0.6 is 0 Å². The van der Waals surface area contributed by atoms with Gasteiger partial charge in [-0.2, -0.15) is 0 Å². The molecule has 8 nitrogen and oxygen atoms in total. The molecule has 0 radical (unpaired) electrons. The van der Waals surface area contributed by atoms with Crippen molar-refractivity contribution in [3.05, 3.63) is 65.4 Å². The van der Waals surface area contributed by atoms with E-state index in [9.17, 15) is 14.7 Å². The minimum Gasteiger partial charge on any atom is -0.497 e. The van der Waals surface area contributed by atoms with Gasteiger partial charge >= 0.3 is 12.2 Å². The van der Waals surface area contributed by atoms with Crippen molar-refractivity contribution in [2.75, 3.05) is 12.4 Å². The van der Waals surface area contributed by atoms with E-state index < -0.39 is 17.8 Å². The van der Waals surface area contributed by atoms with Crippen molar-refractivity contribution in [1.82, 2.24) is 9.55 Å². The number of carboxylic acid groups (broad SMARTS) is 1. The Balaban J connectivity index is 2.00. The first-order chi connectivity index (χ1) is 15.6. The van der Waals surface area contributed by atoms with E-state index in [1.54, 1.807) is 46.1 Å². The lowest BCUT2D eigenvalue weighted by Crippen LogP contribution is -2.28. The largest absolute Gasteiger partial charge is 0.497 e. The van der Waals surface area contributed by atoms with Crippen LogP contribution in [-0.4, -0.2) is 39.6 Å². The molecular formula is C25H25N3O5. The number of carbonyl (C=O) groups is 2. The normalized spacial score (nSPS) is 10.7. The van der Waals surface area contributed by atoms with Gasteiger partial charge in [0.05, 0.1) is 19.0 Å². The third-order valence-corrected chi connectivity index (χ3v) is 4.53. The van der Waals surface area contributed by atoms with E-state index in [0.29, 0.717) is 11.1 Å². The second-order valence-corrected chi connectivity index (χ2v) is 8.19. The topological polar surface area (TPSA) is 103 Å². The lowest BCUT2D eigenvalue weighted by Gasteiger charge is -2.19. The Morgan fingerprint density at radius 1 is 1.09 bits per heavy atom. The molecule has 0 atom stereocenters. The number of anilines is 1. The van der Waals surface area contributed by atoms with Crippen molar-refractivity contribution in [1.29, 1.82) is 0 Å². The molecule has 0 aliphatic rings. The third kappa shape index (κ3) is 5.71. The molecule has 1 heterocycles. The molecule has 33 heavy (non-hydrogen) atoms. The Morgan fingerprint density at radius 2 is 1.79 bits per heavy atom. The summed E-state index contributed by atoms with van der Waals surface area (Å²) >= 11 is 0. The van der Waals surface area contributed by atoms with Crippen molar-refractivity contribution in [2.45, 2.75) is 33.3 Å². The van der Waals surface area contributed by atoms with Gasteiger partial charge in [0, 0.05) is 16.7 Å². The molecule has 0 unspecified atom stereocenters. The fourth-order valence-corrected chi connectivity index (χ4v) is 3.07. The molecule has 0 aliphatic heterocycles. The van der Waals surface area contributed by atoms with Gasteiger partial charge in [-0.05, 0) is 57.5 Å². The molecule has 0 bridgehead atoms. The van der Waals surface area contributed by atoms with Crippen LogP contribution in [0.3, 0.4) is 0 Å². The minimum atomic E-state index is -1.30. The molecule has 1 aromatic heterocycles. The number of ether oxygens (including phenoxy) is 2. The Bertz CT molecular complexity index is 1260. The number of nitrogens with zero attached hydrogens (tertiary/aromatic N) is 2. The van der Waals surface area contributed by atoms with Gasteiger partial charge in [0.25, 0.3) is 0 Å². The van der Waals surface area contributed by atoms with Gasteiger partial charge < -0.3 is 14.6 Å². The lowest BCUT2D eigenvalue weighted by atomic mass is 10.0. The van der Waals surface area contributed by atoms with E-state index in [4.69, 9.17) is 9.47 Å². The maximum absolute atomic E-state index is 12.1. The lowest BCUT2D eigenvalue weighted by molar-refractivity contribution is 0.0634. The first kappa shape index (κ1) is 23.4. The molecule has 1 amide bonds. The molecule has 0 fully saturated rings. The number of hydrogen-bond acceptors (Lipinski definition) is 5. The number of aryl methyl sites for hydroxylation is 1. The van der Waals surface area contributed by atoms with Crippen LogP contribution in [0, 0.1) is 18.8 Å². The van der Waals surface area contributed by atoms with E-state index >= 15 is 0 Å². The number of imidazole rings is 1. The average Bonchev–Trinajstić information content (AvgIpc) is 3.15. The summed E-state index contributed by atoms with van der Waals surface area (Å²) in [5.74, 6) is 6.83. The summed E-state index contributed by atoms with van der Waals surface area (Å²) in [4.78, 5) is 28.2. The Hall–Kier alpha value is -4.25. The van der Waals surface area contributed by atoms with Gasteiger partial charge in [0.2, 0.25) is 5.95 Å². The molecule has 3 rings (SSSR count). The summed E-state index contributed by atoms with van der Waals surface area (Å²) in [6, 6.07) is 12.7. The molecule has 2 aromatic carbocycles. The van der Waals surface area contributed by atoms with Crippen LogP contribution in [-0.2, 0) is 4.74 Å². The summed E-state index contributed by atoms with van der Waals surface area (Å²) in [5.41, 5.74) is 2.48. The number of carbonyl (C=O) groups excluding carboxylic acids is 1. The van der Waals surface area contributed by atoms with Crippen LogP contribution < -0.4 is 10.1 Å². The van der Waals surface area contributed by atoms with Crippen molar-refractivity contribution in [3.63, 3.8) is 0 Å². The smallest absolute Gasteiger partial charge is 0.418 e.